The number of carbonyl (C=O) groups excluding carboxylic acids is 2. The maximum absolute atomic E-state index is 15.4. The van der Waals surface area contributed by atoms with Crippen LogP contribution in [0.15, 0.2) is 97.3 Å². The van der Waals surface area contributed by atoms with Crippen molar-refractivity contribution in [3.05, 3.63) is 120 Å². The SMILES string of the molecule is COC(=O)/C=C/c1cncc(N(Cc2ccc(-c3ccc(N(C)C)cc3)cc2F)C(=O)c2ccccc2)c1. The van der Waals surface area contributed by atoms with E-state index in [4.69, 9.17) is 0 Å². The first-order valence-corrected chi connectivity index (χ1v) is 12.0. The van der Waals surface area contributed by atoms with Gasteiger partial charge in [0.15, 0.2) is 0 Å². The number of carbonyl (C=O) groups is 2. The average molecular weight is 510 g/mol. The molecule has 7 heteroatoms. The van der Waals surface area contributed by atoms with Crippen LogP contribution in [-0.2, 0) is 16.1 Å². The molecule has 0 saturated heterocycles. The van der Waals surface area contributed by atoms with Crippen molar-refractivity contribution in [2.75, 3.05) is 31.0 Å². The smallest absolute Gasteiger partial charge is 0.330 e. The highest BCUT2D eigenvalue weighted by atomic mass is 19.1. The summed E-state index contributed by atoms with van der Waals surface area (Å²) >= 11 is 0. The fraction of sp³-hybridized carbons (Fsp3) is 0.129. The lowest BCUT2D eigenvalue weighted by molar-refractivity contribution is -0.134. The Morgan fingerprint density at radius 3 is 2.26 bits per heavy atom. The highest BCUT2D eigenvalue weighted by Gasteiger charge is 2.20. The number of ether oxygens (including phenoxy) is 1. The largest absolute Gasteiger partial charge is 0.466 e. The predicted molar refractivity (Wildman–Crippen MR) is 148 cm³/mol. The van der Waals surface area contributed by atoms with Gasteiger partial charge in [-0.2, -0.15) is 0 Å². The summed E-state index contributed by atoms with van der Waals surface area (Å²) in [5, 5.41) is 0. The predicted octanol–water partition coefficient (Wildman–Crippen LogP) is 5.99. The number of halogens is 1. The second-order valence-electron chi connectivity index (χ2n) is 8.84. The van der Waals surface area contributed by atoms with Crippen molar-refractivity contribution >= 4 is 29.3 Å². The van der Waals surface area contributed by atoms with Crippen molar-refractivity contribution in [2.45, 2.75) is 6.54 Å². The van der Waals surface area contributed by atoms with Crippen molar-refractivity contribution in [1.29, 1.82) is 0 Å². The van der Waals surface area contributed by atoms with Crippen molar-refractivity contribution < 1.29 is 18.7 Å². The number of benzene rings is 3. The van der Waals surface area contributed by atoms with E-state index in [0.717, 1.165) is 16.8 Å². The average Bonchev–Trinajstić information content (AvgIpc) is 2.95. The zero-order chi connectivity index (χ0) is 27.1. The van der Waals surface area contributed by atoms with E-state index in [-0.39, 0.29) is 12.5 Å². The number of methoxy groups -OCH3 is 1. The van der Waals surface area contributed by atoms with Gasteiger partial charge in [-0.1, -0.05) is 42.5 Å². The number of pyridine rings is 1. The molecule has 6 nitrogen and oxygen atoms in total. The van der Waals surface area contributed by atoms with E-state index >= 15 is 4.39 Å². The lowest BCUT2D eigenvalue weighted by Crippen LogP contribution is -2.31. The minimum Gasteiger partial charge on any atom is -0.466 e. The van der Waals surface area contributed by atoms with Gasteiger partial charge in [-0.25, -0.2) is 9.18 Å². The molecule has 0 N–H and O–H groups in total. The molecule has 0 fully saturated rings. The van der Waals surface area contributed by atoms with Crippen LogP contribution in [0.1, 0.15) is 21.5 Å². The van der Waals surface area contributed by atoms with Crippen molar-refractivity contribution in [3.63, 3.8) is 0 Å². The zero-order valence-electron chi connectivity index (χ0n) is 21.5. The van der Waals surface area contributed by atoms with Crippen LogP contribution in [0.2, 0.25) is 0 Å². The quantitative estimate of drug-likeness (QED) is 0.216. The standard InChI is InChI=1S/C31H28FN3O3/c1-34(2)27-14-12-23(13-15-27)25-10-11-26(29(32)18-25)21-35(31(37)24-7-5-4-6-8-24)28-17-22(19-33-20-28)9-16-30(36)38-3/h4-20H,21H2,1-3H3/b16-9+. The molecule has 3 aromatic carbocycles. The monoisotopic (exact) mass is 509 g/mol. The van der Waals surface area contributed by atoms with E-state index < -0.39 is 11.8 Å². The van der Waals surface area contributed by atoms with Crippen LogP contribution in [0.4, 0.5) is 15.8 Å². The first kappa shape index (κ1) is 26.3. The van der Waals surface area contributed by atoms with Gasteiger partial charge in [-0.15, -0.1) is 0 Å². The Morgan fingerprint density at radius 2 is 1.61 bits per heavy atom. The molecule has 1 aromatic heterocycles. The molecule has 1 amide bonds. The van der Waals surface area contributed by atoms with Crippen LogP contribution in [0.25, 0.3) is 17.2 Å². The molecule has 0 spiro atoms. The van der Waals surface area contributed by atoms with E-state index in [0.29, 0.717) is 22.4 Å². The molecule has 192 valence electrons. The summed E-state index contributed by atoms with van der Waals surface area (Å²) in [5.74, 6) is -1.23. The van der Waals surface area contributed by atoms with Gasteiger partial charge in [0.25, 0.3) is 5.91 Å². The van der Waals surface area contributed by atoms with Crippen LogP contribution in [0.3, 0.4) is 0 Å². The Morgan fingerprint density at radius 1 is 0.895 bits per heavy atom. The summed E-state index contributed by atoms with van der Waals surface area (Å²) in [7, 11) is 5.22. The summed E-state index contributed by atoms with van der Waals surface area (Å²) < 4.78 is 20.0. The van der Waals surface area contributed by atoms with Crippen LogP contribution in [-0.4, -0.2) is 38.1 Å². The number of rotatable bonds is 8. The normalized spacial score (nSPS) is 10.8. The molecule has 0 aliphatic heterocycles. The van der Waals surface area contributed by atoms with Gasteiger partial charge in [-0.05, 0) is 59.2 Å². The lowest BCUT2D eigenvalue weighted by Gasteiger charge is -2.24. The van der Waals surface area contributed by atoms with Gasteiger partial charge in [0, 0.05) is 43.2 Å². The van der Waals surface area contributed by atoms with Crippen LogP contribution in [0, 0.1) is 5.82 Å². The molecule has 0 unspecified atom stereocenters. The molecule has 4 aromatic rings. The molecule has 1 heterocycles. The molecule has 0 saturated carbocycles. The maximum atomic E-state index is 15.4. The van der Waals surface area contributed by atoms with Gasteiger partial charge >= 0.3 is 5.97 Å². The maximum Gasteiger partial charge on any atom is 0.330 e. The topological polar surface area (TPSA) is 62.7 Å². The number of anilines is 2. The number of amides is 1. The Hall–Kier alpha value is -4.78. The molecule has 0 radical (unpaired) electrons. The molecular weight excluding hydrogens is 481 g/mol. The van der Waals surface area contributed by atoms with Gasteiger partial charge in [0.2, 0.25) is 0 Å². The molecule has 0 atom stereocenters. The van der Waals surface area contributed by atoms with Crippen molar-refractivity contribution in [2.24, 2.45) is 0 Å². The summed E-state index contributed by atoms with van der Waals surface area (Å²) in [6.07, 6.45) is 5.91. The molecular formula is C31H28FN3O3. The second-order valence-corrected chi connectivity index (χ2v) is 8.84. The van der Waals surface area contributed by atoms with Crippen molar-refractivity contribution in [1.82, 2.24) is 4.98 Å². The Kier molecular flexibility index (Phi) is 8.28. The minimum atomic E-state index is -0.508. The summed E-state index contributed by atoms with van der Waals surface area (Å²) in [5.41, 5.74) is 4.57. The molecule has 0 aliphatic carbocycles. The molecule has 4 rings (SSSR count). The van der Waals surface area contributed by atoms with Gasteiger partial charge in [0.05, 0.1) is 25.5 Å². The van der Waals surface area contributed by atoms with Gasteiger partial charge < -0.3 is 14.5 Å². The fourth-order valence-corrected chi connectivity index (χ4v) is 3.91. The third-order valence-electron chi connectivity index (χ3n) is 6.03. The third-order valence-corrected chi connectivity index (χ3v) is 6.03. The van der Waals surface area contributed by atoms with E-state index in [1.807, 2.05) is 55.4 Å². The fourth-order valence-electron chi connectivity index (χ4n) is 3.91. The van der Waals surface area contributed by atoms with Crippen LogP contribution < -0.4 is 9.80 Å². The number of nitrogens with zero attached hydrogens (tertiary/aromatic N) is 3. The summed E-state index contributed by atoms with van der Waals surface area (Å²) in [6, 6.07) is 23.4. The second kappa shape index (κ2) is 12.0. The zero-order valence-corrected chi connectivity index (χ0v) is 21.5. The first-order valence-electron chi connectivity index (χ1n) is 12.0. The van der Waals surface area contributed by atoms with E-state index in [9.17, 15) is 9.59 Å². The van der Waals surface area contributed by atoms with Gasteiger partial charge in [0.1, 0.15) is 5.82 Å². The molecule has 0 aliphatic rings. The Balaban J connectivity index is 1.66. The number of esters is 1. The minimum absolute atomic E-state index is 0.00867. The first-order chi connectivity index (χ1) is 18.4. The highest BCUT2D eigenvalue weighted by molar-refractivity contribution is 6.06. The highest BCUT2D eigenvalue weighted by Crippen LogP contribution is 2.27. The van der Waals surface area contributed by atoms with Crippen molar-refractivity contribution in [3.8, 4) is 11.1 Å². The molecule has 0 bridgehead atoms. The van der Waals surface area contributed by atoms with Crippen LogP contribution in [0.5, 0.6) is 0 Å². The lowest BCUT2D eigenvalue weighted by atomic mass is 10.0. The summed E-state index contributed by atoms with van der Waals surface area (Å²) in [4.78, 5) is 32.8. The molecule has 38 heavy (non-hydrogen) atoms. The van der Waals surface area contributed by atoms with E-state index in [2.05, 4.69) is 9.72 Å². The Labute approximate surface area is 221 Å². The van der Waals surface area contributed by atoms with Gasteiger partial charge in [-0.3, -0.25) is 9.78 Å². The summed E-state index contributed by atoms with van der Waals surface area (Å²) in [6.45, 7) is -0.00867. The number of aromatic nitrogens is 1. The number of hydrogen-bond acceptors (Lipinski definition) is 5. The van der Waals surface area contributed by atoms with E-state index in [1.54, 1.807) is 48.7 Å². The van der Waals surface area contributed by atoms with Crippen LogP contribution >= 0.6 is 0 Å². The number of hydrogen-bond donors (Lipinski definition) is 0. The Bertz CT molecular complexity index is 1450. The van der Waals surface area contributed by atoms with E-state index in [1.165, 1.54) is 30.3 Å². The third kappa shape index (κ3) is 6.31.